The van der Waals surface area contributed by atoms with E-state index in [0.29, 0.717) is 16.1 Å². The topological polar surface area (TPSA) is 32.5 Å². The van der Waals surface area contributed by atoms with E-state index in [1.807, 2.05) is 18.2 Å². The van der Waals surface area contributed by atoms with Crippen LogP contribution in [0.3, 0.4) is 0 Å². The van der Waals surface area contributed by atoms with Crippen molar-refractivity contribution in [2.75, 3.05) is 31.6 Å². The summed E-state index contributed by atoms with van der Waals surface area (Å²) < 4.78 is 0. The molecule has 1 heterocycles. The highest BCUT2D eigenvalue weighted by molar-refractivity contribution is 7.80. The van der Waals surface area contributed by atoms with Gasteiger partial charge in [0.2, 0.25) is 0 Å². The molecular formula is C15H22ClN3S. The van der Waals surface area contributed by atoms with Gasteiger partial charge in [0.05, 0.1) is 5.02 Å². The van der Waals surface area contributed by atoms with Gasteiger partial charge in [-0.1, -0.05) is 30.7 Å². The Balaban J connectivity index is 2.07. The van der Waals surface area contributed by atoms with Crippen molar-refractivity contribution in [1.29, 1.82) is 0 Å². The third-order valence-corrected chi connectivity index (χ3v) is 4.58. The molecule has 110 valence electrons. The molecule has 20 heavy (non-hydrogen) atoms. The summed E-state index contributed by atoms with van der Waals surface area (Å²) in [6.45, 7) is 5.60. The Kier molecular flexibility index (Phi) is 5.24. The van der Waals surface area contributed by atoms with E-state index in [-0.39, 0.29) is 0 Å². The molecule has 0 saturated carbocycles. The van der Waals surface area contributed by atoms with Crippen molar-refractivity contribution in [3.63, 3.8) is 0 Å². The highest BCUT2D eigenvalue weighted by Crippen LogP contribution is 2.25. The minimum atomic E-state index is 0.345. The van der Waals surface area contributed by atoms with Crippen LogP contribution in [0.15, 0.2) is 18.2 Å². The van der Waals surface area contributed by atoms with Gasteiger partial charge in [-0.3, -0.25) is 4.90 Å². The number of benzene rings is 1. The first-order chi connectivity index (χ1) is 9.52. The van der Waals surface area contributed by atoms with Gasteiger partial charge in [-0.2, -0.15) is 0 Å². The maximum atomic E-state index is 6.24. The molecule has 1 aromatic carbocycles. The second-order valence-electron chi connectivity index (χ2n) is 5.33. The lowest BCUT2D eigenvalue weighted by atomic mass is 10.1. The Morgan fingerprint density at radius 3 is 2.90 bits per heavy atom. The summed E-state index contributed by atoms with van der Waals surface area (Å²) in [6.07, 6.45) is 2.57. The quantitative estimate of drug-likeness (QED) is 0.848. The molecule has 1 saturated heterocycles. The van der Waals surface area contributed by atoms with Crippen LogP contribution in [0.1, 0.15) is 25.3 Å². The number of thiocarbonyl (C=S) groups is 1. The number of rotatable bonds is 5. The molecule has 5 heteroatoms. The van der Waals surface area contributed by atoms with E-state index < -0.39 is 0 Å². The third kappa shape index (κ3) is 3.43. The second kappa shape index (κ2) is 6.74. The van der Waals surface area contributed by atoms with Crippen LogP contribution in [0.5, 0.6) is 0 Å². The molecule has 1 fully saturated rings. The van der Waals surface area contributed by atoms with E-state index in [1.54, 1.807) is 0 Å². The SMILES string of the molecule is CCN1CCCC1CN(C)c1ccc(C(N)=S)c(Cl)c1. The highest BCUT2D eigenvalue weighted by Gasteiger charge is 2.24. The van der Waals surface area contributed by atoms with Gasteiger partial charge in [-0.25, -0.2) is 0 Å². The normalized spacial score (nSPS) is 19.2. The van der Waals surface area contributed by atoms with Crippen LogP contribution in [0.2, 0.25) is 5.02 Å². The molecular weight excluding hydrogens is 290 g/mol. The van der Waals surface area contributed by atoms with Gasteiger partial charge >= 0.3 is 0 Å². The average molecular weight is 312 g/mol. The first kappa shape index (κ1) is 15.5. The summed E-state index contributed by atoms with van der Waals surface area (Å²) in [5.74, 6) is 0. The van der Waals surface area contributed by atoms with Crippen LogP contribution in [0.25, 0.3) is 0 Å². The van der Waals surface area contributed by atoms with Crippen molar-refractivity contribution >= 4 is 34.5 Å². The number of nitrogens with zero attached hydrogens (tertiary/aromatic N) is 2. The fraction of sp³-hybridized carbons (Fsp3) is 0.533. The van der Waals surface area contributed by atoms with Gasteiger partial charge in [-0.15, -0.1) is 0 Å². The summed E-state index contributed by atoms with van der Waals surface area (Å²) in [5.41, 5.74) is 7.49. The largest absolute Gasteiger partial charge is 0.389 e. The summed E-state index contributed by atoms with van der Waals surface area (Å²) in [4.78, 5) is 5.15. The zero-order valence-corrected chi connectivity index (χ0v) is 13.7. The molecule has 0 aromatic heterocycles. The van der Waals surface area contributed by atoms with Crippen LogP contribution in [-0.4, -0.2) is 42.6 Å². The Morgan fingerprint density at radius 2 is 2.30 bits per heavy atom. The van der Waals surface area contributed by atoms with Gasteiger partial charge in [0.25, 0.3) is 0 Å². The van der Waals surface area contributed by atoms with Crippen LogP contribution in [-0.2, 0) is 0 Å². The van der Waals surface area contributed by atoms with Crippen LogP contribution >= 0.6 is 23.8 Å². The van der Waals surface area contributed by atoms with Gasteiger partial charge < -0.3 is 10.6 Å². The van der Waals surface area contributed by atoms with E-state index in [0.717, 1.165) is 24.3 Å². The number of hydrogen-bond acceptors (Lipinski definition) is 3. The molecule has 3 nitrogen and oxygen atoms in total. The lowest BCUT2D eigenvalue weighted by Gasteiger charge is -2.29. The molecule has 2 N–H and O–H groups in total. The number of anilines is 1. The maximum absolute atomic E-state index is 6.24. The molecule has 1 atom stereocenters. The van der Waals surface area contributed by atoms with Gasteiger partial charge in [0.15, 0.2) is 0 Å². The van der Waals surface area contributed by atoms with E-state index in [9.17, 15) is 0 Å². The summed E-state index contributed by atoms with van der Waals surface area (Å²) in [6, 6.07) is 6.52. The third-order valence-electron chi connectivity index (χ3n) is 4.05. The Labute approximate surface area is 131 Å². The van der Waals surface area contributed by atoms with Crippen molar-refractivity contribution in [1.82, 2.24) is 4.90 Å². The molecule has 0 spiro atoms. The minimum absolute atomic E-state index is 0.345. The Hall–Kier alpha value is -0.840. The highest BCUT2D eigenvalue weighted by atomic mass is 35.5. The maximum Gasteiger partial charge on any atom is 0.105 e. The molecule has 0 radical (unpaired) electrons. The summed E-state index contributed by atoms with van der Waals surface area (Å²) in [5, 5.41) is 0.626. The van der Waals surface area contributed by atoms with Crippen molar-refractivity contribution in [3.8, 4) is 0 Å². The Bertz CT molecular complexity index is 492. The number of halogens is 1. The van der Waals surface area contributed by atoms with Crippen molar-refractivity contribution in [3.05, 3.63) is 28.8 Å². The van der Waals surface area contributed by atoms with E-state index in [2.05, 4.69) is 23.8 Å². The molecule has 0 amide bonds. The molecule has 1 unspecified atom stereocenters. The lowest BCUT2D eigenvalue weighted by Crippen LogP contribution is -2.38. The van der Waals surface area contributed by atoms with Gasteiger partial charge in [0.1, 0.15) is 4.99 Å². The first-order valence-electron chi connectivity index (χ1n) is 7.07. The Morgan fingerprint density at radius 1 is 1.55 bits per heavy atom. The fourth-order valence-corrected chi connectivity index (χ4v) is 3.39. The zero-order valence-electron chi connectivity index (χ0n) is 12.1. The second-order valence-corrected chi connectivity index (χ2v) is 6.18. The summed E-state index contributed by atoms with van der Waals surface area (Å²) >= 11 is 11.2. The van der Waals surface area contributed by atoms with Gasteiger partial charge in [0, 0.05) is 30.9 Å². The van der Waals surface area contributed by atoms with Crippen molar-refractivity contribution < 1.29 is 0 Å². The average Bonchev–Trinajstić information content (AvgIpc) is 2.85. The first-order valence-corrected chi connectivity index (χ1v) is 7.86. The van der Waals surface area contributed by atoms with Gasteiger partial charge in [-0.05, 0) is 44.1 Å². The number of hydrogen-bond donors (Lipinski definition) is 1. The monoisotopic (exact) mass is 311 g/mol. The fourth-order valence-electron chi connectivity index (χ4n) is 2.88. The molecule has 1 aliphatic heterocycles. The van der Waals surface area contributed by atoms with Crippen molar-refractivity contribution in [2.45, 2.75) is 25.8 Å². The van der Waals surface area contributed by atoms with Crippen molar-refractivity contribution in [2.24, 2.45) is 5.73 Å². The molecule has 1 aliphatic rings. The summed E-state index contributed by atoms with van der Waals surface area (Å²) in [7, 11) is 2.11. The van der Waals surface area contributed by atoms with Crippen LogP contribution < -0.4 is 10.6 Å². The molecule has 0 aliphatic carbocycles. The molecule has 1 aromatic rings. The number of likely N-dealkylation sites (N-methyl/N-ethyl adjacent to an activating group) is 2. The van der Waals surface area contributed by atoms with Crippen LogP contribution in [0, 0.1) is 0 Å². The zero-order chi connectivity index (χ0) is 14.7. The minimum Gasteiger partial charge on any atom is -0.389 e. The predicted molar refractivity (Wildman–Crippen MR) is 90.9 cm³/mol. The van der Waals surface area contributed by atoms with E-state index in [4.69, 9.17) is 29.6 Å². The smallest absolute Gasteiger partial charge is 0.105 e. The molecule has 2 rings (SSSR count). The van der Waals surface area contributed by atoms with E-state index >= 15 is 0 Å². The van der Waals surface area contributed by atoms with E-state index in [1.165, 1.54) is 19.4 Å². The van der Waals surface area contributed by atoms with Crippen LogP contribution in [0.4, 0.5) is 5.69 Å². The lowest BCUT2D eigenvalue weighted by molar-refractivity contribution is 0.270. The number of likely N-dealkylation sites (tertiary alicyclic amines) is 1. The predicted octanol–water partition coefficient (Wildman–Crippen LogP) is 2.89. The molecule has 0 bridgehead atoms. The number of nitrogens with two attached hydrogens (primary N) is 1. The standard InChI is InChI=1S/C15H22ClN3S/c1-3-19-8-4-5-12(19)10-18(2)11-6-7-13(15(17)20)14(16)9-11/h6-7,9,12H,3-5,8,10H2,1-2H3,(H2,17,20).